The molecule has 4 N–H and O–H groups in total. The Balaban J connectivity index is 1.79. The first-order valence-electron chi connectivity index (χ1n) is 16.5. The van der Waals surface area contributed by atoms with Crippen molar-refractivity contribution in [2.75, 3.05) is 26.7 Å². The highest BCUT2D eigenvalue weighted by Gasteiger charge is 2.69. The van der Waals surface area contributed by atoms with E-state index in [2.05, 4.69) is 21.3 Å². The summed E-state index contributed by atoms with van der Waals surface area (Å²) in [6, 6.07) is -1.10. The minimum atomic E-state index is -3.77. The lowest BCUT2D eigenvalue weighted by Crippen LogP contribution is -2.62. The van der Waals surface area contributed by atoms with Crippen LogP contribution in [-0.4, -0.2) is 98.0 Å². The number of hydrogen-bond acceptors (Lipinski definition) is 8. The maximum Gasteiger partial charge on any atom is 0.315 e. The van der Waals surface area contributed by atoms with Crippen molar-refractivity contribution in [2.24, 2.45) is 28.1 Å². The van der Waals surface area contributed by atoms with Crippen molar-refractivity contribution in [3.05, 3.63) is 17.5 Å². The zero-order chi connectivity index (χ0) is 36.6. The van der Waals surface area contributed by atoms with Gasteiger partial charge in [0.25, 0.3) is 15.9 Å². The number of fused-ring (bicyclic) bond motifs is 1. The summed E-state index contributed by atoms with van der Waals surface area (Å²) in [7, 11) is -2.30. The fraction of sp³-hybridized carbons (Fsp3) is 0.727. The summed E-state index contributed by atoms with van der Waals surface area (Å²) in [5, 5.41) is 12.6. The molecule has 0 aromatic carbocycles. The molecule has 1 aromatic heterocycles. The summed E-state index contributed by atoms with van der Waals surface area (Å²) in [5.41, 5.74) is -1.53. The van der Waals surface area contributed by atoms with Gasteiger partial charge in [-0.2, -0.15) is 4.31 Å². The molecule has 270 valence electrons. The topological polar surface area (TPSA) is 174 Å². The van der Waals surface area contributed by atoms with Crippen molar-refractivity contribution < 1.29 is 32.4 Å². The van der Waals surface area contributed by atoms with E-state index in [0.717, 1.165) is 11.3 Å². The molecule has 2 fully saturated rings. The van der Waals surface area contributed by atoms with E-state index >= 15 is 0 Å². The normalized spacial score (nSPS) is 22.2. The van der Waals surface area contributed by atoms with Crippen LogP contribution in [0.4, 0.5) is 4.79 Å². The highest BCUT2D eigenvalue weighted by atomic mass is 32.2. The Morgan fingerprint density at radius 2 is 1.67 bits per heavy atom. The first-order chi connectivity index (χ1) is 22.0. The van der Waals surface area contributed by atoms with Crippen LogP contribution in [-0.2, 0) is 29.2 Å². The number of likely N-dealkylation sites (tertiary alicyclic amines) is 1. The van der Waals surface area contributed by atoms with Crippen molar-refractivity contribution in [1.29, 1.82) is 0 Å². The zero-order valence-electron chi connectivity index (χ0n) is 30.1. The molecule has 1 aromatic rings. The van der Waals surface area contributed by atoms with Crippen molar-refractivity contribution >= 4 is 50.9 Å². The van der Waals surface area contributed by atoms with Gasteiger partial charge in [-0.3, -0.25) is 19.2 Å². The van der Waals surface area contributed by atoms with Gasteiger partial charge in [-0.1, -0.05) is 68.4 Å². The standard InChI is InChI=1S/C33H54N6O7S2/c1-12-15-34-28(42)25(40)19(2)35-27(41)24-23-20(33(23,9)10)17-39(24)29(43)26(32(6,7)8)37-30(44)36-21(31(3,4)5)18-38(11)48(45,46)22-14-13-16-47-22/h13-14,16,19-21,23-24,26H,12,15,17-18H2,1-11H3,(H,34,42)(H,35,41)(H2,36,37,44)/t19?,20-,21+,23-,24-,26+/m0/s1. The second-order valence-electron chi connectivity index (χ2n) is 15.8. The number of urea groups is 1. The van der Waals surface area contributed by atoms with Crippen LogP contribution in [0, 0.1) is 28.1 Å². The second kappa shape index (κ2) is 14.4. The quantitative estimate of drug-likeness (QED) is 0.228. The largest absolute Gasteiger partial charge is 0.349 e. The fourth-order valence-electron chi connectivity index (χ4n) is 6.30. The molecule has 48 heavy (non-hydrogen) atoms. The van der Waals surface area contributed by atoms with E-state index in [9.17, 15) is 32.4 Å². The van der Waals surface area contributed by atoms with Gasteiger partial charge < -0.3 is 26.2 Å². The minimum absolute atomic E-state index is 0.00846. The number of nitrogens with zero attached hydrogens (tertiary/aromatic N) is 2. The van der Waals surface area contributed by atoms with Gasteiger partial charge in [0.15, 0.2) is 0 Å². The predicted molar refractivity (Wildman–Crippen MR) is 184 cm³/mol. The molecule has 0 spiro atoms. The number of thiophene rings is 1. The smallest absolute Gasteiger partial charge is 0.315 e. The molecular formula is C33H54N6O7S2. The molecule has 2 heterocycles. The van der Waals surface area contributed by atoms with Gasteiger partial charge >= 0.3 is 6.03 Å². The van der Waals surface area contributed by atoms with Crippen molar-refractivity contribution in [3.63, 3.8) is 0 Å². The van der Waals surface area contributed by atoms with Crippen LogP contribution < -0.4 is 21.3 Å². The van der Waals surface area contributed by atoms with Crippen LogP contribution >= 0.6 is 11.3 Å². The van der Waals surface area contributed by atoms with Gasteiger partial charge in [0.1, 0.15) is 16.3 Å². The molecule has 15 heteroatoms. The van der Waals surface area contributed by atoms with E-state index in [0.29, 0.717) is 19.5 Å². The molecule has 0 bridgehead atoms. The number of hydrogen-bond donors (Lipinski definition) is 4. The minimum Gasteiger partial charge on any atom is -0.349 e. The van der Waals surface area contributed by atoms with Crippen LogP contribution in [0.25, 0.3) is 0 Å². The van der Waals surface area contributed by atoms with Crippen molar-refractivity contribution in [2.45, 2.75) is 104 Å². The molecule has 1 saturated carbocycles. The van der Waals surface area contributed by atoms with Gasteiger partial charge in [-0.05, 0) is 52.9 Å². The molecule has 13 nitrogen and oxygen atoms in total. The van der Waals surface area contributed by atoms with Crippen molar-refractivity contribution in [3.8, 4) is 0 Å². The summed E-state index contributed by atoms with van der Waals surface area (Å²) in [6.07, 6.45) is 0.656. The number of carbonyl (C=O) groups is 5. The predicted octanol–water partition coefficient (Wildman–Crippen LogP) is 2.58. The van der Waals surface area contributed by atoms with Gasteiger partial charge in [-0.15, -0.1) is 11.3 Å². The number of carbonyl (C=O) groups excluding carboxylic acids is 5. The summed E-state index contributed by atoms with van der Waals surface area (Å²) in [6.45, 7) is 19.1. The summed E-state index contributed by atoms with van der Waals surface area (Å²) in [4.78, 5) is 67.9. The average Bonchev–Trinajstić information content (AvgIpc) is 3.43. The van der Waals surface area contributed by atoms with Crippen molar-refractivity contribution in [1.82, 2.24) is 30.5 Å². The fourth-order valence-corrected chi connectivity index (χ4v) is 8.69. The number of likely N-dealkylation sites (N-methyl/N-ethyl adjacent to an activating group) is 1. The second-order valence-corrected chi connectivity index (χ2v) is 19.0. The lowest BCUT2D eigenvalue weighted by atomic mass is 9.85. The average molecular weight is 711 g/mol. The van der Waals surface area contributed by atoms with E-state index in [1.807, 2.05) is 62.3 Å². The monoisotopic (exact) mass is 710 g/mol. The van der Waals surface area contributed by atoms with E-state index in [1.54, 1.807) is 11.4 Å². The maximum atomic E-state index is 14.3. The Morgan fingerprint density at radius 3 is 2.19 bits per heavy atom. The van der Waals surface area contributed by atoms with Gasteiger partial charge in [0.2, 0.25) is 17.6 Å². The van der Waals surface area contributed by atoms with E-state index in [1.165, 1.54) is 29.2 Å². The molecule has 5 amide bonds. The van der Waals surface area contributed by atoms with E-state index < -0.39 is 74.6 Å². The highest BCUT2D eigenvalue weighted by Crippen LogP contribution is 2.65. The van der Waals surface area contributed by atoms with E-state index in [4.69, 9.17) is 0 Å². The number of piperidine rings is 1. The van der Waals surface area contributed by atoms with E-state index in [-0.39, 0.29) is 28.0 Å². The molecule has 1 aliphatic heterocycles. The van der Waals surface area contributed by atoms with Crippen LogP contribution in [0.15, 0.2) is 21.7 Å². The molecule has 1 unspecified atom stereocenters. The lowest BCUT2D eigenvalue weighted by molar-refractivity contribution is -0.145. The molecule has 1 aliphatic carbocycles. The Morgan fingerprint density at radius 1 is 1.04 bits per heavy atom. The molecule has 1 saturated heterocycles. The zero-order valence-corrected chi connectivity index (χ0v) is 31.7. The number of rotatable bonds is 13. The third-order valence-electron chi connectivity index (χ3n) is 9.61. The first-order valence-corrected chi connectivity index (χ1v) is 18.8. The number of sulfonamides is 1. The number of ketones is 1. The van der Waals surface area contributed by atoms with Crippen LogP contribution in [0.1, 0.15) is 75.7 Å². The summed E-state index contributed by atoms with van der Waals surface area (Å²) >= 11 is 1.11. The van der Waals surface area contributed by atoms with Gasteiger partial charge in [-0.25, -0.2) is 13.2 Å². The number of Topliss-reactive ketones (excluding diaryl/α,β-unsaturated/α-hetero) is 1. The Bertz CT molecular complexity index is 1480. The number of nitrogens with one attached hydrogen (secondary N) is 4. The Hall–Kier alpha value is -3.04. The summed E-state index contributed by atoms with van der Waals surface area (Å²) < 4.78 is 27.6. The number of amides is 5. The first kappa shape index (κ1) is 39.4. The Kier molecular flexibility index (Phi) is 11.9. The molecule has 2 aliphatic rings. The highest BCUT2D eigenvalue weighted by molar-refractivity contribution is 7.91. The van der Waals surface area contributed by atoms with Gasteiger partial charge in [0.05, 0.1) is 6.04 Å². The maximum absolute atomic E-state index is 14.3. The van der Waals surface area contributed by atoms with Gasteiger partial charge in [0, 0.05) is 32.7 Å². The SMILES string of the molecule is CCCNC(=O)C(=O)C(C)NC(=O)[C@@H]1[C@@H]2[C@H](CN1C(=O)[C@@H](NC(=O)N[C@H](CN(C)S(=O)(=O)c1cccs1)C(C)(C)C)C(C)(C)C)C2(C)C. The Labute approximate surface area is 289 Å². The third kappa shape index (κ3) is 8.57. The lowest BCUT2D eigenvalue weighted by Gasteiger charge is -2.39. The third-order valence-corrected chi connectivity index (χ3v) is 12.8. The molecule has 6 atom stereocenters. The van der Waals surface area contributed by atoms with Crippen LogP contribution in [0.2, 0.25) is 0 Å². The van der Waals surface area contributed by atoms with Crippen LogP contribution in [0.5, 0.6) is 0 Å². The molecular weight excluding hydrogens is 657 g/mol. The summed E-state index contributed by atoms with van der Waals surface area (Å²) in [5.74, 6) is -2.61. The molecule has 0 radical (unpaired) electrons. The van der Waals surface area contributed by atoms with Crippen LogP contribution in [0.3, 0.4) is 0 Å². The molecule has 3 rings (SSSR count).